The van der Waals surface area contributed by atoms with Gasteiger partial charge in [0, 0.05) is 37.0 Å². The molecule has 0 unspecified atom stereocenters. The van der Waals surface area contributed by atoms with Gasteiger partial charge in [-0.2, -0.15) is 0 Å². The number of rotatable bonds is 4. The van der Waals surface area contributed by atoms with E-state index in [-0.39, 0.29) is 11.7 Å². The lowest BCUT2D eigenvalue weighted by Crippen LogP contribution is -2.53. The number of aromatic amines is 1. The number of fused-ring (bicyclic) bond motifs is 1. The minimum Gasteiger partial charge on any atom is -0.486 e. The summed E-state index contributed by atoms with van der Waals surface area (Å²) in [5.41, 5.74) is 3.16. The Balaban J connectivity index is 1.31. The number of nitrogens with one attached hydrogen (secondary N) is 2. The number of hydrogen-bond acceptors (Lipinski definition) is 6. The molecule has 0 radical (unpaired) electrons. The van der Waals surface area contributed by atoms with Crippen molar-refractivity contribution in [1.29, 1.82) is 0 Å². The first kappa shape index (κ1) is 23.8. The van der Waals surface area contributed by atoms with Crippen LogP contribution in [0, 0.1) is 11.8 Å². The first-order chi connectivity index (χ1) is 18.0. The lowest BCUT2D eigenvalue weighted by Gasteiger charge is -2.23. The van der Waals surface area contributed by atoms with Crippen LogP contribution < -0.4 is 15.0 Å². The summed E-state index contributed by atoms with van der Waals surface area (Å²) in [5, 5.41) is 9.57. The molecule has 2 aromatic heterocycles. The molecule has 184 valence electrons. The molecule has 0 saturated carbocycles. The highest BCUT2D eigenvalue weighted by Gasteiger charge is 2.36. The summed E-state index contributed by atoms with van der Waals surface area (Å²) in [5.74, 6) is 6.34. The Labute approximate surface area is 213 Å². The largest absolute Gasteiger partial charge is 0.486 e. The van der Waals surface area contributed by atoms with Gasteiger partial charge in [0.2, 0.25) is 5.82 Å². The monoisotopic (exact) mass is 492 g/mol. The molecule has 37 heavy (non-hydrogen) atoms. The van der Waals surface area contributed by atoms with Crippen molar-refractivity contribution in [3.63, 3.8) is 0 Å². The fourth-order valence-corrected chi connectivity index (χ4v) is 3.98. The van der Waals surface area contributed by atoms with E-state index in [9.17, 15) is 9.59 Å². The fraction of sp³-hybridized carbons (Fsp3) is 0.179. The number of aromatic nitrogens is 4. The number of anilines is 1. The fourth-order valence-electron chi connectivity index (χ4n) is 3.98. The normalized spacial score (nSPS) is 16.6. The third kappa shape index (κ3) is 5.33. The number of likely N-dealkylation sites (N-methyl/N-ethyl adjacent to an activating group) is 1. The highest BCUT2D eigenvalue weighted by Crippen LogP contribution is 2.33. The number of benzene rings is 2. The van der Waals surface area contributed by atoms with E-state index >= 15 is 0 Å². The van der Waals surface area contributed by atoms with Gasteiger partial charge in [-0.05, 0) is 42.8 Å². The van der Waals surface area contributed by atoms with Crippen LogP contribution in [0.4, 0.5) is 5.69 Å². The van der Waals surface area contributed by atoms with Crippen LogP contribution in [0.25, 0.3) is 0 Å². The molecule has 4 aromatic rings. The Hall–Kier alpha value is -4.97. The second-order valence-corrected chi connectivity index (χ2v) is 8.61. The predicted octanol–water partition coefficient (Wildman–Crippen LogP) is 2.73. The van der Waals surface area contributed by atoms with Crippen LogP contribution in [0.2, 0.25) is 0 Å². The van der Waals surface area contributed by atoms with Gasteiger partial charge in [-0.1, -0.05) is 42.2 Å². The molecule has 1 aliphatic heterocycles. The van der Waals surface area contributed by atoms with Crippen molar-refractivity contribution in [2.24, 2.45) is 0 Å². The van der Waals surface area contributed by atoms with E-state index < -0.39 is 18.1 Å². The van der Waals surface area contributed by atoms with Crippen LogP contribution in [-0.2, 0) is 11.2 Å². The number of nitrogens with zero attached hydrogens (tertiary/aromatic N) is 4. The van der Waals surface area contributed by atoms with Crippen LogP contribution in [0.3, 0.4) is 0 Å². The highest BCUT2D eigenvalue weighted by molar-refractivity contribution is 6.02. The van der Waals surface area contributed by atoms with Gasteiger partial charge in [0.15, 0.2) is 0 Å². The van der Waals surface area contributed by atoms with Crippen LogP contribution in [0.15, 0.2) is 73.1 Å². The minimum absolute atomic E-state index is 0.0379. The molecule has 1 aliphatic rings. The third-order valence-electron chi connectivity index (χ3n) is 5.97. The minimum atomic E-state index is -0.938. The molecule has 9 nitrogen and oxygen atoms in total. The second-order valence-electron chi connectivity index (χ2n) is 8.61. The summed E-state index contributed by atoms with van der Waals surface area (Å²) >= 11 is 0. The maximum atomic E-state index is 13.4. The molecule has 2 N–H and O–H groups in total. The van der Waals surface area contributed by atoms with E-state index in [2.05, 4.69) is 37.3 Å². The van der Waals surface area contributed by atoms with Crippen LogP contribution in [-0.4, -0.2) is 51.2 Å². The molecule has 2 aromatic carbocycles. The van der Waals surface area contributed by atoms with E-state index in [4.69, 9.17) is 4.74 Å². The van der Waals surface area contributed by atoms with Gasteiger partial charge in [0.25, 0.3) is 11.8 Å². The van der Waals surface area contributed by atoms with E-state index in [1.807, 2.05) is 48.5 Å². The Kier molecular flexibility index (Phi) is 6.64. The smallest absolute Gasteiger partial charge is 0.291 e. The molecular formula is C28H24N6O3. The first-order valence-electron chi connectivity index (χ1n) is 11.7. The molecule has 0 aliphatic carbocycles. The zero-order valence-electron chi connectivity index (χ0n) is 20.3. The van der Waals surface area contributed by atoms with Gasteiger partial charge >= 0.3 is 0 Å². The first-order valence-corrected chi connectivity index (χ1v) is 11.7. The summed E-state index contributed by atoms with van der Waals surface area (Å²) < 4.78 is 6.07. The number of hydrogen-bond donors (Lipinski definition) is 2. The Morgan fingerprint density at radius 2 is 1.84 bits per heavy atom. The molecule has 9 heteroatoms. The van der Waals surface area contributed by atoms with Gasteiger partial charge in [-0.3, -0.25) is 19.7 Å². The van der Waals surface area contributed by atoms with Gasteiger partial charge in [0.1, 0.15) is 23.7 Å². The average Bonchev–Trinajstić information content (AvgIpc) is 3.37. The summed E-state index contributed by atoms with van der Waals surface area (Å²) in [6, 6.07) is 17.8. The van der Waals surface area contributed by atoms with Crippen molar-refractivity contribution in [3.8, 4) is 17.6 Å². The summed E-state index contributed by atoms with van der Waals surface area (Å²) in [7, 11) is 1.65. The van der Waals surface area contributed by atoms with E-state index in [0.717, 1.165) is 16.7 Å². The Bertz CT molecular complexity index is 1490. The predicted molar refractivity (Wildman–Crippen MR) is 137 cm³/mol. The Morgan fingerprint density at radius 3 is 2.62 bits per heavy atom. The van der Waals surface area contributed by atoms with Crippen molar-refractivity contribution in [2.75, 3.05) is 11.9 Å². The van der Waals surface area contributed by atoms with Gasteiger partial charge in [-0.25, -0.2) is 4.98 Å². The number of pyridine rings is 1. The van der Waals surface area contributed by atoms with Gasteiger partial charge in [-0.15, -0.1) is 5.10 Å². The molecule has 0 fully saturated rings. The summed E-state index contributed by atoms with van der Waals surface area (Å²) in [6.07, 6.45) is 3.24. The molecule has 0 bridgehead atoms. The number of amides is 2. The van der Waals surface area contributed by atoms with Gasteiger partial charge < -0.3 is 15.0 Å². The number of H-pyrrole nitrogens is 1. The Morgan fingerprint density at radius 1 is 1.08 bits per heavy atom. The van der Waals surface area contributed by atoms with Crippen LogP contribution >= 0.6 is 0 Å². The topological polar surface area (TPSA) is 113 Å². The van der Waals surface area contributed by atoms with Crippen molar-refractivity contribution >= 4 is 17.5 Å². The zero-order valence-corrected chi connectivity index (χ0v) is 20.3. The average molecular weight is 493 g/mol. The van der Waals surface area contributed by atoms with Crippen molar-refractivity contribution < 1.29 is 14.3 Å². The van der Waals surface area contributed by atoms with E-state index in [0.29, 0.717) is 23.7 Å². The number of carbonyl (C=O) groups excluding carboxylic acids is 2. The molecular weight excluding hydrogens is 468 g/mol. The maximum Gasteiger partial charge on any atom is 0.291 e. The molecule has 3 heterocycles. The van der Waals surface area contributed by atoms with Crippen molar-refractivity contribution in [2.45, 2.75) is 25.5 Å². The lowest BCUT2D eigenvalue weighted by molar-refractivity contribution is -0.121. The second kappa shape index (κ2) is 10.3. The van der Waals surface area contributed by atoms with E-state index in [1.54, 1.807) is 38.5 Å². The quantitative estimate of drug-likeness (QED) is 0.424. The molecule has 5 rings (SSSR count). The molecule has 2 amide bonds. The standard InChI is InChI=1S/C28H24N6O3/c1-18-25(31-27(35)26-30-24(32-33-26)17-20-6-4-3-5-7-20)28(36)34(2)22-16-21(10-11-23(22)37-18)9-8-19-12-14-29-15-13-19/h3-7,10-16,18,25H,17H2,1-2H3,(H,31,35)(H,30,32,33)/t18-,25+/m1/s1. The molecule has 0 saturated heterocycles. The van der Waals surface area contributed by atoms with Crippen LogP contribution in [0.1, 0.15) is 40.1 Å². The highest BCUT2D eigenvalue weighted by atomic mass is 16.5. The van der Waals surface area contributed by atoms with Crippen molar-refractivity contribution in [3.05, 3.63) is 101 Å². The molecule has 2 atom stereocenters. The lowest BCUT2D eigenvalue weighted by atomic mass is 10.1. The number of carbonyl (C=O) groups is 2. The molecule has 0 spiro atoms. The van der Waals surface area contributed by atoms with Crippen LogP contribution in [0.5, 0.6) is 5.75 Å². The summed E-state index contributed by atoms with van der Waals surface area (Å²) in [4.78, 5) is 36.1. The van der Waals surface area contributed by atoms with E-state index in [1.165, 1.54) is 4.90 Å². The summed E-state index contributed by atoms with van der Waals surface area (Å²) in [6.45, 7) is 1.74. The SMILES string of the molecule is C[C@H]1Oc2ccc(C#Cc3ccncc3)cc2N(C)C(=O)[C@H]1NC(=O)c1n[nH]c(Cc2ccccc2)n1. The maximum absolute atomic E-state index is 13.4. The zero-order chi connectivity index (χ0) is 25.8. The van der Waals surface area contributed by atoms with Crippen molar-refractivity contribution in [1.82, 2.24) is 25.5 Å². The third-order valence-corrected chi connectivity index (χ3v) is 5.97. The number of ether oxygens (including phenoxy) is 1. The van der Waals surface area contributed by atoms with Gasteiger partial charge in [0.05, 0.1) is 5.69 Å².